The number of rotatable bonds is 5. The summed E-state index contributed by atoms with van der Waals surface area (Å²) in [6.45, 7) is 0. The molecule has 0 bridgehead atoms. The van der Waals surface area contributed by atoms with E-state index in [0.29, 0.717) is 0 Å². The molecule has 2 heteroatoms. The second-order valence-corrected chi connectivity index (χ2v) is 6.04. The van der Waals surface area contributed by atoms with Crippen LogP contribution in [-0.2, 0) is 11.8 Å². The Hall–Kier alpha value is -2.19. The minimum atomic E-state index is 0.0817. The van der Waals surface area contributed by atoms with Crippen molar-refractivity contribution in [2.24, 2.45) is 0 Å². The molecular weight excluding hydrogens is 348 g/mol. The molecule has 0 saturated carbocycles. The highest BCUT2D eigenvalue weighted by Crippen LogP contribution is 2.19. The van der Waals surface area contributed by atoms with Gasteiger partial charge in [0, 0.05) is 16.5 Å². The van der Waals surface area contributed by atoms with Gasteiger partial charge in [0.15, 0.2) is 5.78 Å². The van der Waals surface area contributed by atoms with E-state index in [4.69, 9.17) is 0 Å². The smallest absolute Gasteiger partial charge is 0.193 e. The Morgan fingerprint density at radius 1 is 0.739 bits per heavy atom. The molecule has 3 aromatic rings. The lowest BCUT2D eigenvalue weighted by Gasteiger charge is -2.09. The van der Waals surface area contributed by atoms with E-state index in [1.807, 2.05) is 54.6 Å². The minimum absolute atomic E-state index is 0.0817. The van der Waals surface area contributed by atoms with E-state index >= 15 is 0 Å². The Balaban J connectivity index is 1.90. The molecule has 23 heavy (non-hydrogen) atoms. The van der Waals surface area contributed by atoms with Gasteiger partial charge in [0.2, 0.25) is 0 Å². The predicted octanol–water partition coefficient (Wildman–Crippen LogP) is 5.40. The van der Waals surface area contributed by atoms with E-state index in [0.717, 1.165) is 28.4 Å². The van der Waals surface area contributed by atoms with E-state index in [1.165, 1.54) is 11.1 Å². The third-order valence-electron chi connectivity index (χ3n) is 3.87. The Labute approximate surface area is 145 Å². The van der Waals surface area contributed by atoms with Crippen molar-refractivity contribution in [1.82, 2.24) is 0 Å². The predicted molar refractivity (Wildman–Crippen MR) is 98.2 cm³/mol. The molecule has 0 unspecified atom stereocenters. The monoisotopic (exact) mass is 364 g/mol. The van der Waals surface area contributed by atoms with Crippen molar-refractivity contribution in [2.75, 3.05) is 0 Å². The normalized spacial score (nSPS) is 10.5. The van der Waals surface area contributed by atoms with Gasteiger partial charge in [-0.25, -0.2) is 0 Å². The zero-order valence-corrected chi connectivity index (χ0v) is 14.3. The molecule has 0 aliphatic carbocycles. The molecule has 114 valence electrons. The van der Waals surface area contributed by atoms with Crippen LogP contribution < -0.4 is 0 Å². The van der Waals surface area contributed by atoms with Gasteiger partial charge >= 0.3 is 0 Å². The summed E-state index contributed by atoms with van der Waals surface area (Å²) < 4.78 is 0. The van der Waals surface area contributed by atoms with Crippen molar-refractivity contribution in [3.8, 4) is 0 Å². The molecule has 0 radical (unpaired) electrons. The summed E-state index contributed by atoms with van der Waals surface area (Å²) in [5.41, 5.74) is 5.04. The molecule has 0 fully saturated rings. The molecule has 0 aromatic heterocycles. The number of hydrogen-bond acceptors (Lipinski definition) is 1. The van der Waals surface area contributed by atoms with Crippen LogP contribution in [0.15, 0.2) is 78.9 Å². The number of carbonyl (C=O) groups is 1. The highest BCUT2D eigenvalue weighted by atomic mass is 79.9. The third-order valence-corrected chi connectivity index (χ3v) is 4.52. The number of hydrogen-bond donors (Lipinski definition) is 0. The summed E-state index contributed by atoms with van der Waals surface area (Å²) >= 11 is 3.46. The zero-order valence-electron chi connectivity index (χ0n) is 12.7. The van der Waals surface area contributed by atoms with Gasteiger partial charge in [-0.05, 0) is 23.1 Å². The van der Waals surface area contributed by atoms with Crippen molar-refractivity contribution < 1.29 is 4.79 Å². The first-order valence-corrected chi connectivity index (χ1v) is 8.71. The maximum Gasteiger partial charge on any atom is 0.193 e. The van der Waals surface area contributed by atoms with Gasteiger partial charge in [-0.3, -0.25) is 4.79 Å². The standard InChI is InChI=1S/C21H17BrO/c22-15-17-12-10-16(11-13-17)14-19-8-4-5-9-20(19)21(23)18-6-2-1-3-7-18/h1-13H,14-15H2. The summed E-state index contributed by atoms with van der Waals surface area (Å²) in [7, 11) is 0. The summed E-state index contributed by atoms with van der Waals surface area (Å²) in [6.07, 6.45) is 0.761. The van der Waals surface area contributed by atoms with Crippen molar-refractivity contribution in [3.63, 3.8) is 0 Å². The van der Waals surface area contributed by atoms with Crippen LogP contribution in [0, 0.1) is 0 Å². The van der Waals surface area contributed by atoms with Gasteiger partial charge < -0.3 is 0 Å². The van der Waals surface area contributed by atoms with Crippen LogP contribution in [0.4, 0.5) is 0 Å². The highest BCUT2D eigenvalue weighted by molar-refractivity contribution is 9.08. The second kappa shape index (κ2) is 7.38. The number of benzene rings is 3. The van der Waals surface area contributed by atoms with Crippen molar-refractivity contribution in [3.05, 3.63) is 107 Å². The maximum absolute atomic E-state index is 12.8. The SMILES string of the molecule is O=C(c1ccccc1)c1ccccc1Cc1ccc(CBr)cc1. The number of carbonyl (C=O) groups excluding carboxylic acids is 1. The van der Waals surface area contributed by atoms with Crippen LogP contribution in [0.1, 0.15) is 32.6 Å². The van der Waals surface area contributed by atoms with Crippen LogP contribution in [-0.4, -0.2) is 5.78 Å². The molecular formula is C21H17BrO. The summed E-state index contributed by atoms with van der Waals surface area (Å²) in [6, 6.07) is 25.8. The minimum Gasteiger partial charge on any atom is -0.289 e. The maximum atomic E-state index is 12.8. The first kappa shape index (κ1) is 15.7. The zero-order chi connectivity index (χ0) is 16.1. The van der Waals surface area contributed by atoms with Crippen molar-refractivity contribution in [2.45, 2.75) is 11.8 Å². The average Bonchev–Trinajstić information content (AvgIpc) is 2.63. The van der Waals surface area contributed by atoms with Gasteiger partial charge in [-0.1, -0.05) is 94.8 Å². The second-order valence-electron chi connectivity index (χ2n) is 5.48. The fraction of sp³-hybridized carbons (Fsp3) is 0.0952. The van der Waals surface area contributed by atoms with Gasteiger partial charge in [0.1, 0.15) is 0 Å². The van der Waals surface area contributed by atoms with Gasteiger partial charge in [0.25, 0.3) is 0 Å². The Morgan fingerprint density at radius 2 is 1.35 bits per heavy atom. The fourth-order valence-electron chi connectivity index (χ4n) is 2.61. The van der Waals surface area contributed by atoms with Gasteiger partial charge in [0.05, 0.1) is 0 Å². The molecule has 3 aromatic carbocycles. The summed E-state index contributed by atoms with van der Waals surface area (Å²) in [4.78, 5) is 12.8. The largest absolute Gasteiger partial charge is 0.289 e. The molecule has 0 aliphatic rings. The molecule has 1 nitrogen and oxygen atoms in total. The Kier molecular flexibility index (Phi) is 5.04. The Morgan fingerprint density at radius 3 is 2.04 bits per heavy atom. The quantitative estimate of drug-likeness (QED) is 0.437. The number of halogens is 1. The van der Waals surface area contributed by atoms with E-state index in [1.54, 1.807) is 0 Å². The summed E-state index contributed by atoms with van der Waals surface area (Å²) in [5, 5.41) is 0.858. The van der Waals surface area contributed by atoms with E-state index in [-0.39, 0.29) is 5.78 Å². The molecule has 0 heterocycles. The highest BCUT2D eigenvalue weighted by Gasteiger charge is 2.13. The van der Waals surface area contributed by atoms with Crippen LogP contribution in [0.5, 0.6) is 0 Å². The third kappa shape index (κ3) is 3.77. The molecule has 0 aliphatic heterocycles. The first-order chi connectivity index (χ1) is 11.3. The van der Waals surface area contributed by atoms with Crippen LogP contribution in [0.25, 0.3) is 0 Å². The fourth-order valence-corrected chi connectivity index (χ4v) is 2.98. The number of ketones is 1. The molecule has 3 rings (SSSR count). The van der Waals surface area contributed by atoms with E-state index in [9.17, 15) is 4.79 Å². The van der Waals surface area contributed by atoms with Crippen molar-refractivity contribution in [1.29, 1.82) is 0 Å². The molecule has 0 saturated heterocycles. The number of alkyl halides is 1. The van der Waals surface area contributed by atoms with E-state index < -0.39 is 0 Å². The molecule has 0 spiro atoms. The average molecular weight is 365 g/mol. The molecule has 0 amide bonds. The first-order valence-electron chi connectivity index (χ1n) is 7.59. The lowest BCUT2D eigenvalue weighted by Crippen LogP contribution is -2.05. The van der Waals surface area contributed by atoms with Gasteiger partial charge in [-0.15, -0.1) is 0 Å². The Bertz CT molecular complexity index is 792. The van der Waals surface area contributed by atoms with E-state index in [2.05, 4.69) is 40.2 Å². The lowest BCUT2D eigenvalue weighted by atomic mass is 9.94. The van der Waals surface area contributed by atoms with Crippen LogP contribution in [0.2, 0.25) is 0 Å². The topological polar surface area (TPSA) is 17.1 Å². The summed E-state index contributed by atoms with van der Waals surface area (Å²) in [5.74, 6) is 0.0817. The molecule has 0 atom stereocenters. The van der Waals surface area contributed by atoms with Crippen LogP contribution in [0.3, 0.4) is 0 Å². The van der Waals surface area contributed by atoms with Gasteiger partial charge in [-0.2, -0.15) is 0 Å². The van der Waals surface area contributed by atoms with Crippen molar-refractivity contribution >= 4 is 21.7 Å². The van der Waals surface area contributed by atoms with Crippen LogP contribution >= 0.6 is 15.9 Å². The lowest BCUT2D eigenvalue weighted by molar-refractivity contribution is 0.103. The molecule has 0 N–H and O–H groups in total.